The van der Waals surface area contributed by atoms with Crippen LogP contribution in [-0.4, -0.2) is 51.9 Å². The number of carbonyl (C=O) groups is 1. The number of nitrogens with zero attached hydrogens (tertiary/aromatic N) is 5. The van der Waals surface area contributed by atoms with E-state index in [1.807, 2.05) is 24.8 Å². The van der Waals surface area contributed by atoms with E-state index in [-0.39, 0.29) is 5.91 Å². The Kier molecular flexibility index (Phi) is 3.83. The number of carbonyl (C=O) groups excluding carboxylic acids is 1. The second-order valence-corrected chi connectivity index (χ2v) is 5.86. The van der Waals surface area contributed by atoms with Gasteiger partial charge in [0, 0.05) is 32.4 Å². The fourth-order valence-corrected chi connectivity index (χ4v) is 3.18. The van der Waals surface area contributed by atoms with E-state index in [0.717, 1.165) is 35.3 Å². The number of thiazole rings is 1. The van der Waals surface area contributed by atoms with Gasteiger partial charge in [-0.1, -0.05) is 0 Å². The highest BCUT2D eigenvalue weighted by Gasteiger charge is 2.24. The van der Waals surface area contributed by atoms with Gasteiger partial charge in [-0.2, -0.15) is 0 Å². The minimum Gasteiger partial charge on any atom is -0.353 e. The Morgan fingerprint density at radius 3 is 2.57 bits per heavy atom. The zero-order valence-corrected chi connectivity index (χ0v) is 12.9. The van der Waals surface area contributed by atoms with E-state index < -0.39 is 0 Å². The largest absolute Gasteiger partial charge is 0.353 e. The highest BCUT2D eigenvalue weighted by molar-refractivity contribution is 7.11. The van der Waals surface area contributed by atoms with Crippen molar-refractivity contribution in [1.29, 1.82) is 0 Å². The standard InChI is InChI=1S/C14H17N5OS/c1-10-13(21-9-16-10)14(20)19-7-5-18(6-8-19)12-3-4-15-11(2)17-12/h3-4,9H,5-8H2,1-2H3. The van der Waals surface area contributed by atoms with E-state index in [2.05, 4.69) is 19.9 Å². The first kappa shape index (κ1) is 13.9. The van der Waals surface area contributed by atoms with Crippen molar-refractivity contribution in [2.75, 3.05) is 31.1 Å². The SMILES string of the molecule is Cc1nccc(N2CCN(C(=O)c3scnc3C)CC2)n1. The lowest BCUT2D eigenvalue weighted by Crippen LogP contribution is -2.49. The first-order valence-corrected chi connectivity index (χ1v) is 7.77. The minimum absolute atomic E-state index is 0.0912. The molecule has 1 amide bonds. The zero-order chi connectivity index (χ0) is 14.8. The zero-order valence-electron chi connectivity index (χ0n) is 12.1. The molecule has 2 aromatic rings. The molecule has 0 spiro atoms. The van der Waals surface area contributed by atoms with Gasteiger partial charge in [-0.25, -0.2) is 15.0 Å². The topological polar surface area (TPSA) is 62.2 Å². The monoisotopic (exact) mass is 303 g/mol. The van der Waals surface area contributed by atoms with E-state index in [1.165, 1.54) is 11.3 Å². The summed E-state index contributed by atoms with van der Waals surface area (Å²) >= 11 is 1.41. The number of hydrogen-bond acceptors (Lipinski definition) is 6. The van der Waals surface area contributed by atoms with Crippen molar-refractivity contribution in [2.24, 2.45) is 0 Å². The second-order valence-electron chi connectivity index (χ2n) is 5.01. The van der Waals surface area contributed by atoms with Gasteiger partial charge in [-0.15, -0.1) is 11.3 Å². The van der Waals surface area contributed by atoms with Crippen LogP contribution in [0, 0.1) is 13.8 Å². The van der Waals surface area contributed by atoms with Crippen LogP contribution in [-0.2, 0) is 0 Å². The van der Waals surface area contributed by atoms with Crippen molar-refractivity contribution in [1.82, 2.24) is 19.9 Å². The summed E-state index contributed by atoms with van der Waals surface area (Å²) in [5.41, 5.74) is 2.54. The Hall–Kier alpha value is -2.02. The number of anilines is 1. The Morgan fingerprint density at radius 1 is 1.19 bits per heavy atom. The smallest absolute Gasteiger partial charge is 0.265 e. The highest BCUT2D eigenvalue weighted by Crippen LogP contribution is 2.18. The molecular formula is C14H17N5OS. The molecule has 21 heavy (non-hydrogen) atoms. The molecule has 7 heteroatoms. The van der Waals surface area contributed by atoms with Crippen LogP contribution in [0.2, 0.25) is 0 Å². The van der Waals surface area contributed by atoms with Gasteiger partial charge >= 0.3 is 0 Å². The maximum Gasteiger partial charge on any atom is 0.265 e. The molecule has 1 aliphatic rings. The number of hydrogen-bond donors (Lipinski definition) is 0. The molecule has 0 aromatic carbocycles. The lowest BCUT2D eigenvalue weighted by Gasteiger charge is -2.35. The van der Waals surface area contributed by atoms with Gasteiger partial charge in [-0.3, -0.25) is 4.79 Å². The molecule has 0 N–H and O–H groups in total. The van der Waals surface area contributed by atoms with E-state index in [1.54, 1.807) is 11.7 Å². The Labute approximate surface area is 127 Å². The fraction of sp³-hybridized carbons (Fsp3) is 0.429. The molecule has 2 aromatic heterocycles. The minimum atomic E-state index is 0.0912. The maximum absolute atomic E-state index is 12.4. The lowest BCUT2D eigenvalue weighted by atomic mass is 10.2. The molecule has 0 aliphatic carbocycles. The fourth-order valence-electron chi connectivity index (χ4n) is 2.41. The first-order chi connectivity index (χ1) is 10.1. The van der Waals surface area contributed by atoms with Gasteiger partial charge in [0.25, 0.3) is 5.91 Å². The number of aryl methyl sites for hydroxylation is 2. The van der Waals surface area contributed by atoms with E-state index in [0.29, 0.717) is 13.1 Å². The van der Waals surface area contributed by atoms with Gasteiger partial charge in [-0.05, 0) is 19.9 Å². The second kappa shape index (κ2) is 5.77. The van der Waals surface area contributed by atoms with Crippen LogP contribution in [0.25, 0.3) is 0 Å². The molecule has 1 fully saturated rings. The van der Waals surface area contributed by atoms with Crippen molar-refractivity contribution >= 4 is 23.1 Å². The Morgan fingerprint density at radius 2 is 1.95 bits per heavy atom. The summed E-state index contributed by atoms with van der Waals surface area (Å²) in [7, 11) is 0. The van der Waals surface area contributed by atoms with E-state index >= 15 is 0 Å². The predicted molar refractivity (Wildman–Crippen MR) is 81.7 cm³/mol. The number of piperazine rings is 1. The predicted octanol–water partition coefficient (Wildman–Crippen LogP) is 1.51. The van der Waals surface area contributed by atoms with Crippen LogP contribution in [0.1, 0.15) is 21.2 Å². The maximum atomic E-state index is 12.4. The first-order valence-electron chi connectivity index (χ1n) is 6.89. The number of amides is 1. The number of rotatable bonds is 2. The molecular weight excluding hydrogens is 286 g/mol. The molecule has 0 unspecified atom stereocenters. The van der Waals surface area contributed by atoms with Gasteiger partial charge < -0.3 is 9.80 Å². The number of aromatic nitrogens is 3. The quantitative estimate of drug-likeness (QED) is 0.841. The molecule has 110 valence electrons. The Balaban J connectivity index is 1.65. The van der Waals surface area contributed by atoms with Crippen LogP contribution >= 0.6 is 11.3 Å². The van der Waals surface area contributed by atoms with Crippen LogP contribution in [0.15, 0.2) is 17.8 Å². The average Bonchev–Trinajstić information content (AvgIpc) is 2.93. The summed E-state index contributed by atoms with van der Waals surface area (Å²) in [6.07, 6.45) is 1.77. The summed E-state index contributed by atoms with van der Waals surface area (Å²) in [6, 6.07) is 1.91. The molecule has 0 bridgehead atoms. The van der Waals surface area contributed by atoms with Crippen molar-refractivity contribution in [3.8, 4) is 0 Å². The van der Waals surface area contributed by atoms with Gasteiger partial charge in [0.2, 0.25) is 0 Å². The van der Waals surface area contributed by atoms with Crippen LogP contribution in [0.3, 0.4) is 0 Å². The summed E-state index contributed by atoms with van der Waals surface area (Å²) in [6.45, 7) is 6.76. The van der Waals surface area contributed by atoms with Crippen molar-refractivity contribution in [3.05, 3.63) is 34.2 Å². The molecule has 0 saturated carbocycles. The Bertz CT molecular complexity index is 648. The summed E-state index contributed by atoms with van der Waals surface area (Å²) in [5, 5.41) is 0. The highest BCUT2D eigenvalue weighted by atomic mass is 32.1. The average molecular weight is 303 g/mol. The van der Waals surface area contributed by atoms with E-state index in [4.69, 9.17) is 0 Å². The van der Waals surface area contributed by atoms with Crippen molar-refractivity contribution < 1.29 is 4.79 Å². The summed E-state index contributed by atoms with van der Waals surface area (Å²) in [5.74, 6) is 1.79. The normalized spacial score (nSPS) is 15.3. The van der Waals surface area contributed by atoms with Gasteiger partial charge in [0.05, 0.1) is 11.2 Å². The van der Waals surface area contributed by atoms with Crippen LogP contribution in [0.4, 0.5) is 5.82 Å². The molecule has 6 nitrogen and oxygen atoms in total. The molecule has 1 saturated heterocycles. The van der Waals surface area contributed by atoms with Gasteiger partial charge in [0.1, 0.15) is 16.5 Å². The molecule has 1 aliphatic heterocycles. The third-order valence-corrected chi connectivity index (χ3v) is 4.51. The third-order valence-electron chi connectivity index (χ3n) is 3.59. The van der Waals surface area contributed by atoms with Crippen LogP contribution < -0.4 is 4.90 Å². The van der Waals surface area contributed by atoms with Gasteiger partial charge in [0.15, 0.2) is 0 Å². The summed E-state index contributed by atoms with van der Waals surface area (Å²) in [4.78, 5) is 30.0. The summed E-state index contributed by atoms with van der Waals surface area (Å²) < 4.78 is 0. The molecule has 3 rings (SSSR count). The lowest BCUT2D eigenvalue weighted by molar-refractivity contribution is 0.0750. The van der Waals surface area contributed by atoms with Crippen LogP contribution in [0.5, 0.6) is 0 Å². The molecule has 0 radical (unpaired) electrons. The van der Waals surface area contributed by atoms with Crippen molar-refractivity contribution in [2.45, 2.75) is 13.8 Å². The third kappa shape index (κ3) is 2.87. The van der Waals surface area contributed by atoms with E-state index in [9.17, 15) is 4.79 Å². The molecule has 0 atom stereocenters. The molecule has 3 heterocycles. The van der Waals surface area contributed by atoms with Crippen molar-refractivity contribution in [3.63, 3.8) is 0 Å².